The molecule has 0 spiro atoms. The third-order valence-corrected chi connectivity index (χ3v) is 2.76. The van der Waals surface area contributed by atoms with Crippen molar-refractivity contribution in [3.05, 3.63) is 16.6 Å². The second kappa shape index (κ2) is 9.65. The Morgan fingerprint density at radius 1 is 1.59 bits per heavy atom. The lowest BCUT2D eigenvalue weighted by molar-refractivity contribution is -0.130. The monoisotopic (exact) mass is 299 g/mol. The second-order valence-electron chi connectivity index (χ2n) is 3.75. The summed E-state index contributed by atoms with van der Waals surface area (Å²) in [7, 11) is 1.79. The SMILES string of the molecule is CC(N)CCC(=O)N(C)Cc1cscn1.Cl.Cl. The van der Waals surface area contributed by atoms with Crippen LogP contribution in [-0.4, -0.2) is 28.9 Å². The van der Waals surface area contributed by atoms with Crippen molar-refractivity contribution in [1.82, 2.24) is 9.88 Å². The van der Waals surface area contributed by atoms with Gasteiger partial charge in [0.2, 0.25) is 5.91 Å². The number of carbonyl (C=O) groups excluding carboxylic acids is 1. The molecule has 1 atom stereocenters. The van der Waals surface area contributed by atoms with Crippen molar-refractivity contribution in [2.24, 2.45) is 5.73 Å². The van der Waals surface area contributed by atoms with Crippen molar-refractivity contribution in [2.45, 2.75) is 32.4 Å². The van der Waals surface area contributed by atoms with Crippen molar-refractivity contribution in [1.29, 1.82) is 0 Å². The number of hydrogen-bond acceptors (Lipinski definition) is 4. The summed E-state index contributed by atoms with van der Waals surface area (Å²) in [6.07, 6.45) is 1.25. The third-order valence-electron chi connectivity index (χ3n) is 2.12. The number of rotatable bonds is 5. The van der Waals surface area contributed by atoms with Gasteiger partial charge in [0, 0.05) is 24.9 Å². The van der Waals surface area contributed by atoms with Crippen LogP contribution in [0.2, 0.25) is 0 Å². The number of amides is 1. The van der Waals surface area contributed by atoms with Crippen LogP contribution in [0.1, 0.15) is 25.5 Å². The first-order valence-electron chi connectivity index (χ1n) is 4.96. The van der Waals surface area contributed by atoms with Crippen molar-refractivity contribution >= 4 is 42.1 Å². The summed E-state index contributed by atoms with van der Waals surface area (Å²) >= 11 is 1.54. The van der Waals surface area contributed by atoms with Gasteiger partial charge in [-0.2, -0.15) is 0 Å². The summed E-state index contributed by atoms with van der Waals surface area (Å²) in [5, 5.41) is 1.95. The van der Waals surface area contributed by atoms with E-state index >= 15 is 0 Å². The van der Waals surface area contributed by atoms with Gasteiger partial charge in [-0.1, -0.05) is 0 Å². The predicted octanol–water partition coefficient (Wildman–Crippen LogP) is 2.07. The van der Waals surface area contributed by atoms with Gasteiger partial charge in [-0.15, -0.1) is 36.2 Å². The highest BCUT2D eigenvalue weighted by molar-refractivity contribution is 7.07. The maximum Gasteiger partial charge on any atom is 0.222 e. The zero-order valence-electron chi connectivity index (χ0n) is 9.96. The Hall–Kier alpha value is -0.360. The molecule has 0 bridgehead atoms. The van der Waals surface area contributed by atoms with Gasteiger partial charge in [-0.25, -0.2) is 4.98 Å². The van der Waals surface area contributed by atoms with E-state index < -0.39 is 0 Å². The van der Waals surface area contributed by atoms with Gasteiger partial charge in [0.25, 0.3) is 0 Å². The summed E-state index contributed by atoms with van der Waals surface area (Å²) in [4.78, 5) is 17.4. The van der Waals surface area contributed by atoms with Crippen LogP contribution in [0.4, 0.5) is 0 Å². The molecule has 1 unspecified atom stereocenters. The van der Waals surface area contributed by atoms with Crippen molar-refractivity contribution in [3.63, 3.8) is 0 Å². The molecule has 2 N–H and O–H groups in total. The minimum absolute atomic E-state index is 0. The molecule has 1 rings (SSSR count). The molecule has 0 saturated heterocycles. The minimum Gasteiger partial charge on any atom is -0.340 e. The number of hydrogen-bond donors (Lipinski definition) is 1. The maximum absolute atomic E-state index is 11.6. The molecule has 1 amide bonds. The van der Waals surface area contributed by atoms with Gasteiger partial charge < -0.3 is 10.6 Å². The Morgan fingerprint density at radius 3 is 2.71 bits per heavy atom. The predicted molar refractivity (Wildman–Crippen MR) is 76.0 cm³/mol. The molecule has 0 aromatic carbocycles. The van der Waals surface area contributed by atoms with Gasteiger partial charge in [0.15, 0.2) is 0 Å². The van der Waals surface area contributed by atoms with Crippen LogP contribution < -0.4 is 5.73 Å². The highest BCUT2D eigenvalue weighted by atomic mass is 35.5. The van der Waals surface area contributed by atoms with E-state index in [4.69, 9.17) is 5.73 Å². The Labute approximate surface area is 118 Å². The molecule has 100 valence electrons. The molecular formula is C10H19Cl2N3OS. The number of aromatic nitrogens is 1. The molecule has 1 aromatic rings. The Balaban J connectivity index is 0. The van der Waals surface area contributed by atoms with Crippen LogP contribution in [0.3, 0.4) is 0 Å². The highest BCUT2D eigenvalue weighted by Gasteiger charge is 2.10. The van der Waals surface area contributed by atoms with E-state index in [1.54, 1.807) is 28.8 Å². The van der Waals surface area contributed by atoms with E-state index in [2.05, 4.69) is 4.98 Å². The normalized spacial score (nSPS) is 11.0. The van der Waals surface area contributed by atoms with Crippen LogP contribution in [-0.2, 0) is 11.3 Å². The standard InChI is InChI=1S/C10H17N3OS.2ClH/c1-8(11)3-4-10(14)13(2)5-9-6-15-7-12-9;;/h6-8H,3-5,11H2,1-2H3;2*1H. The van der Waals surface area contributed by atoms with Gasteiger partial charge in [0.1, 0.15) is 0 Å². The van der Waals surface area contributed by atoms with Crippen LogP contribution in [0.15, 0.2) is 10.9 Å². The Bertz CT molecular complexity index is 307. The summed E-state index contributed by atoms with van der Waals surface area (Å²) in [6.45, 7) is 2.50. The van der Waals surface area contributed by atoms with Crippen LogP contribution in [0.25, 0.3) is 0 Å². The van der Waals surface area contributed by atoms with Gasteiger partial charge in [0.05, 0.1) is 17.7 Å². The average molecular weight is 300 g/mol. The first-order valence-corrected chi connectivity index (χ1v) is 5.90. The Morgan fingerprint density at radius 2 is 2.24 bits per heavy atom. The van der Waals surface area contributed by atoms with Gasteiger partial charge >= 0.3 is 0 Å². The van der Waals surface area contributed by atoms with E-state index in [0.29, 0.717) is 13.0 Å². The number of nitrogens with two attached hydrogens (primary N) is 1. The number of carbonyl (C=O) groups is 1. The third kappa shape index (κ3) is 7.54. The molecule has 7 heteroatoms. The van der Waals surface area contributed by atoms with Crippen LogP contribution >= 0.6 is 36.2 Å². The summed E-state index contributed by atoms with van der Waals surface area (Å²) in [5.41, 5.74) is 8.31. The highest BCUT2D eigenvalue weighted by Crippen LogP contribution is 2.06. The molecule has 4 nitrogen and oxygen atoms in total. The number of halogens is 2. The molecule has 0 radical (unpaired) electrons. The maximum atomic E-state index is 11.6. The molecule has 0 fully saturated rings. The molecule has 1 heterocycles. The van der Waals surface area contributed by atoms with Crippen LogP contribution in [0.5, 0.6) is 0 Å². The molecule has 0 saturated carbocycles. The van der Waals surface area contributed by atoms with E-state index in [0.717, 1.165) is 12.1 Å². The minimum atomic E-state index is 0. The van der Waals surface area contributed by atoms with E-state index in [1.165, 1.54) is 0 Å². The average Bonchev–Trinajstić information content (AvgIpc) is 2.66. The first kappa shape index (κ1) is 19.0. The molecule has 0 aliphatic carbocycles. The zero-order chi connectivity index (χ0) is 11.3. The second-order valence-corrected chi connectivity index (χ2v) is 4.46. The Kier molecular flexibility index (Phi) is 10.8. The fourth-order valence-electron chi connectivity index (χ4n) is 1.19. The lowest BCUT2D eigenvalue weighted by atomic mass is 10.2. The van der Waals surface area contributed by atoms with Crippen molar-refractivity contribution in [3.8, 4) is 0 Å². The summed E-state index contributed by atoms with van der Waals surface area (Å²) < 4.78 is 0. The van der Waals surface area contributed by atoms with E-state index in [9.17, 15) is 4.79 Å². The van der Waals surface area contributed by atoms with Gasteiger partial charge in [-0.3, -0.25) is 4.79 Å². The fraction of sp³-hybridized carbons (Fsp3) is 0.600. The topological polar surface area (TPSA) is 59.2 Å². The lowest BCUT2D eigenvalue weighted by Gasteiger charge is -2.16. The molecule has 0 aliphatic rings. The number of nitrogens with zero attached hydrogens (tertiary/aromatic N) is 2. The fourth-order valence-corrected chi connectivity index (χ4v) is 1.74. The largest absolute Gasteiger partial charge is 0.340 e. The number of thiazole rings is 1. The molecule has 1 aromatic heterocycles. The zero-order valence-corrected chi connectivity index (χ0v) is 12.4. The van der Waals surface area contributed by atoms with E-state index in [-0.39, 0.29) is 36.8 Å². The quantitative estimate of drug-likeness (QED) is 0.905. The van der Waals surface area contributed by atoms with E-state index in [1.807, 2.05) is 12.3 Å². The summed E-state index contributed by atoms with van der Waals surface area (Å²) in [5.74, 6) is 0.125. The first-order chi connectivity index (χ1) is 7.09. The van der Waals surface area contributed by atoms with Crippen molar-refractivity contribution < 1.29 is 4.79 Å². The molecule has 17 heavy (non-hydrogen) atoms. The lowest BCUT2D eigenvalue weighted by Crippen LogP contribution is -2.28. The van der Waals surface area contributed by atoms with Crippen LogP contribution in [0, 0.1) is 0 Å². The van der Waals surface area contributed by atoms with Crippen molar-refractivity contribution in [2.75, 3.05) is 7.05 Å². The summed E-state index contributed by atoms with van der Waals surface area (Å²) in [6, 6.07) is 0.0848. The molecule has 0 aliphatic heterocycles. The van der Waals surface area contributed by atoms with Gasteiger partial charge in [-0.05, 0) is 13.3 Å². The molecular weight excluding hydrogens is 281 g/mol. The smallest absolute Gasteiger partial charge is 0.222 e.